The van der Waals surface area contributed by atoms with Gasteiger partial charge in [-0.1, -0.05) is 137 Å². The Kier molecular flexibility index (Phi) is 8.23. The molecule has 0 radical (unpaired) electrons. The zero-order valence-corrected chi connectivity index (χ0v) is 38.3. The van der Waals surface area contributed by atoms with Crippen molar-refractivity contribution in [2.45, 2.75) is 65.2 Å². The van der Waals surface area contributed by atoms with Crippen LogP contribution in [-0.4, -0.2) is 0 Å². The first kappa shape index (κ1) is 38.9. The van der Waals surface area contributed by atoms with E-state index < -0.39 is 5.41 Å². The summed E-state index contributed by atoms with van der Waals surface area (Å²) in [5, 5.41) is 3.45. The third-order valence-electron chi connectivity index (χ3n) is 15.1. The summed E-state index contributed by atoms with van der Waals surface area (Å²) in [6, 6.07) is 57.5. The van der Waals surface area contributed by atoms with E-state index in [9.17, 15) is 0 Å². The highest BCUT2D eigenvalue weighted by atomic mass is 16.3. The summed E-state index contributed by atoms with van der Waals surface area (Å²) < 4.78 is 14.4. The molecule has 0 atom stereocenters. The van der Waals surface area contributed by atoms with Crippen LogP contribution in [0.15, 0.2) is 173 Å². The number of para-hydroxylation sites is 5. The summed E-state index contributed by atoms with van der Waals surface area (Å²) in [6.45, 7) is 14.2. The van der Waals surface area contributed by atoms with Crippen LogP contribution in [0.1, 0.15) is 78.8 Å². The molecule has 13 rings (SSSR count). The van der Waals surface area contributed by atoms with Gasteiger partial charge in [0.05, 0.1) is 16.8 Å². The third-order valence-corrected chi connectivity index (χ3v) is 15.1. The first-order valence-corrected chi connectivity index (χ1v) is 23.4. The maximum absolute atomic E-state index is 7.20. The normalized spacial score (nSPS) is 14.9. The highest BCUT2D eigenvalue weighted by Gasteiger charge is 2.49. The monoisotopic (exact) mass is 854 g/mol. The summed E-state index contributed by atoms with van der Waals surface area (Å²) >= 11 is 0. The van der Waals surface area contributed by atoms with Gasteiger partial charge in [0.2, 0.25) is 0 Å². The highest BCUT2D eigenvalue weighted by Crippen LogP contribution is 2.64. The second kappa shape index (κ2) is 14.0. The Hall–Kier alpha value is -7.56. The van der Waals surface area contributed by atoms with Crippen molar-refractivity contribution in [1.82, 2.24) is 0 Å². The van der Waals surface area contributed by atoms with Crippen molar-refractivity contribution in [3.05, 3.63) is 209 Å². The van der Waals surface area contributed by atoms with Crippen LogP contribution in [0.4, 0.5) is 34.1 Å². The molecule has 0 saturated carbocycles. The second-order valence-corrected chi connectivity index (χ2v) is 19.6. The van der Waals surface area contributed by atoms with Gasteiger partial charge in [-0.2, -0.15) is 0 Å². The van der Waals surface area contributed by atoms with Crippen LogP contribution in [0.2, 0.25) is 0 Å². The molecule has 10 aromatic rings. The molecule has 66 heavy (non-hydrogen) atoms. The van der Waals surface area contributed by atoms with Crippen LogP contribution in [0.3, 0.4) is 0 Å². The lowest BCUT2D eigenvalue weighted by atomic mass is 9.72. The zero-order chi connectivity index (χ0) is 44.6. The van der Waals surface area contributed by atoms with Crippen LogP contribution in [0, 0.1) is 13.8 Å². The fourth-order valence-electron chi connectivity index (χ4n) is 12.1. The molecular formula is C62H50N2O2. The Morgan fingerprint density at radius 1 is 0.485 bits per heavy atom. The topological polar surface area (TPSA) is 32.8 Å². The Labute approximate surface area is 386 Å². The molecule has 0 bridgehead atoms. The number of nitrogens with zero attached hydrogens (tertiary/aromatic N) is 2. The molecule has 3 aliphatic carbocycles. The van der Waals surface area contributed by atoms with E-state index in [0.29, 0.717) is 0 Å². The number of anilines is 6. The SMILES string of the molecule is Cc1ccccc1N(c1ccccc1)c1cc2c(c3oc4c(c13)CCC=C4)-c1ccc3c(c1C2(C)C)C(C)(C)c1cc(N(c2ccccc2)c2ccccc2C)c2c(oc4ccccc42)c1-3. The quantitative estimate of drug-likeness (QED) is 0.167. The standard InChI is InChI=1S/C62H50N2O2/c1-37-21-13-17-29-47(37)63(39-23-9-7-10-24-39)49-35-45-53(59-55(49)41-27-15-19-31-51(41)65-59)43-33-34-44-54-46(62(5,6)58(44)57(43)61(45,3)4)36-50(56-42-28-16-20-32-52(42)66-60(54)56)64(40-25-11-8-12-26-40)48-30-18-14-22-38(48)2/h7-15,17-27,29-36H,16,28H2,1-6H3. The number of hydrogen-bond donors (Lipinski definition) is 0. The maximum Gasteiger partial charge on any atom is 0.145 e. The average molecular weight is 855 g/mol. The van der Waals surface area contributed by atoms with Gasteiger partial charge in [0, 0.05) is 61.0 Å². The van der Waals surface area contributed by atoms with Crippen LogP contribution >= 0.6 is 0 Å². The second-order valence-electron chi connectivity index (χ2n) is 19.6. The van der Waals surface area contributed by atoms with Crippen LogP contribution in [-0.2, 0) is 17.3 Å². The molecule has 4 nitrogen and oxygen atoms in total. The summed E-state index contributed by atoms with van der Waals surface area (Å²) in [5.74, 6) is 0.972. The van der Waals surface area contributed by atoms with Crippen molar-refractivity contribution in [3.63, 3.8) is 0 Å². The van der Waals surface area contributed by atoms with Crippen molar-refractivity contribution in [2.75, 3.05) is 9.80 Å². The number of rotatable bonds is 6. The van der Waals surface area contributed by atoms with E-state index >= 15 is 0 Å². The van der Waals surface area contributed by atoms with Gasteiger partial charge < -0.3 is 18.6 Å². The number of furan rings is 2. The van der Waals surface area contributed by atoms with E-state index in [-0.39, 0.29) is 5.41 Å². The first-order valence-electron chi connectivity index (χ1n) is 23.4. The minimum Gasteiger partial charge on any atom is -0.456 e. The molecule has 4 heteroatoms. The molecule has 2 heterocycles. The van der Waals surface area contributed by atoms with Crippen LogP contribution < -0.4 is 9.80 Å². The molecule has 2 aromatic heterocycles. The van der Waals surface area contributed by atoms with Gasteiger partial charge in [-0.15, -0.1) is 0 Å². The fraction of sp³-hybridized carbons (Fsp3) is 0.161. The fourth-order valence-corrected chi connectivity index (χ4v) is 12.1. The molecule has 0 saturated heterocycles. The van der Waals surface area contributed by atoms with Gasteiger partial charge in [-0.3, -0.25) is 0 Å². The van der Waals surface area contributed by atoms with E-state index in [4.69, 9.17) is 8.83 Å². The van der Waals surface area contributed by atoms with Crippen molar-refractivity contribution >= 4 is 73.1 Å². The molecule has 8 aromatic carbocycles. The Bertz CT molecular complexity index is 3680. The van der Waals surface area contributed by atoms with Crippen LogP contribution in [0.5, 0.6) is 0 Å². The lowest BCUT2D eigenvalue weighted by Gasteiger charge is -2.32. The number of fused-ring (bicyclic) bond motifs is 15. The van der Waals surface area contributed by atoms with Gasteiger partial charge in [0.1, 0.15) is 22.5 Å². The molecule has 0 aliphatic heterocycles. The van der Waals surface area contributed by atoms with E-state index in [0.717, 1.165) is 80.2 Å². The van der Waals surface area contributed by atoms with Gasteiger partial charge >= 0.3 is 0 Å². The Balaban J connectivity index is 1.10. The highest BCUT2D eigenvalue weighted by molar-refractivity contribution is 6.20. The molecule has 0 amide bonds. The Morgan fingerprint density at radius 2 is 0.970 bits per heavy atom. The van der Waals surface area contributed by atoms with Crippen LogP contribution in [0.25, 0.3) is 61.2 Å². The van der Waals surface area contributed by atoms with Crippen molar-refractivity contribution in [1.29, 1.82) is 0 Å². The minimum atomic E-state index is -0.393. The van der Waals surface area contributed by atoms with Gasteiger partial charge in [-0.25, -0.2) is 0 Å². The first-order chi connectivity index (χ1) is 32.1. The molecule has 320 valence electrons. The molecule has 0 fully saturated rings. The minimum absolute atomic E-state index is 0.386. The number of aryl methyl sites for hydroxylation is 3. The largest absolute Gasteiger partial charge is 0.456 e. The molecule has 3 aliphatic rings. The predicted octanol–water partition coefficient (Wildman–Crippen LogP) is 17.5. The molecule has 0 N–H and O–H groups in total. The summed E-state index contributed by atoms with van der Waals surface area (Å²) in [4.78, 5) is 4.92. The van der Waals surface area contributed by atoms with Gasteiger partial charge in [-0.05, 0) is 132 Å². The van der Waals surface area contributed by atoms with E-state index in [1.54, 1.807) is 0 Å². The Morgan fingerprint density at radius 3 is 1.53 bits per heavy atom. The third kappa shape index (κ3) is 5.27. The lowest BCUT2D eigenvalue weighted by molar-refractivity contribution is 0.592. The zero-order valence-electron chi connectivity index (χ0n) is 38.3. The van der Waals surface area contributed by atoms with Crippen molar-refractivity contribution in [3.8, 4) is 22.3 Å². The van der Waals surface area contributed by atoms with Crippen molar-refractivity contribution in [2.24, 2.45) is 0 Å². The molecule has 0 unspecified atom stereocenters. The van der Waals surface area contributed by atoms with E-state index in [1.165, 1.54) is 66.6 Å². The maximum atomic E-state index is 7.20. The summed E-state index contributed by atoms with van der Waals surface area (Å²) in [5.41, 5.74) is 22.8. The summed E-state index contributed by atoms with van der Waals surface area (Å²) in [7, 11) is 0. The predicted molar refractivity (Wildman–Crippen MR) is 275 cm³/mol. The van der Waals surface area contributed by atoms with Gasteiger partial charge in [0.15, 0.2) is 0 Å². The van der Waals surface area contributed by atoms with Crippen molar-refractivity contribution < 1.29 is 8.83 Å². The van der Waals surface area contributed by atoms with E-state index in [1.807, 2.05) is 0 Å². The molecular weight excluding hydrogens is 805 g/mol. The number of benzene rings is 8. The van der Waals surface area contributed by atoms with E-state index in [2.05, 4.69) is 221 Å². The van der Waals surface area contributed by atoms with Gasteiger partial charge in [0.25, 0.3) is 0 Å². The average Bonchev–Trinajstić information content (AvgIpc) is 4.04. The molecule has 0 spiro atoms. The number of hydrogen-bond acceptors (Lipinski definition) is 4. The number of allylic oxidation sites excluding steroid dienone is 1. The summed E-state index contributed by atoms with van der Waals surface area (Å²) in [6.07, 6.45) is 6.38. The lowest BCUT2D eigenvalue weighted by Crippen LogP contribution is -2.24. The smallest absolute Gasteiger partial charge is 0.145 e.